The van der Waals surface area contributed by atoms with E-state index in [0.717, 1.165) is 34.0 Å². The van der Waals surface area contributed by atoms with E-state index in [1.807, 2.05) is 42.5 Å². The Kier molecular flexibility index (Phi) is 5.16. The number of nitrogens with zero attached hydrogens (tertiary/aromatic N) is 2. The summed E-state index contributed by atoms with van der Waals surface area (Å²) in [5, 5.41) is 1.54. The van der Waals surface area contributed by atoms with Crippen molar-refractivity contribution in [1.29, 1.82) is 0 Å². The third kappa shape index (κ3) is 3.85. The second-order valence-corrected chi connectivity index (χ2v) is 10.4. The van der Waals surface area contributed by atoms with Gasteiger partial charge in [-0.15, -0.1) is 0 Å². The molecular weight excluding hydrogens is 448 g/mol. The van der Waals surface area contributed by atoms with Crippen molar-refractivity contribution < 1.29 is 8.42 Å². The maximum Gasteiger partial charge on any atom is 0.256 e. The second kappa shape index (κ2) is 7.88. The fourth-order valence-corrected chi connectivity index (χ4v) is 4.90. The van der Waals surface area contributed by atoms with E-state index in [2.05, 4.69) is 25.9 Å². The Balaban J connectivity index is 1.52. The van der Waals surface area contributed by atoms with E-state index in [0.29, 0.717) is 42.3 Å². The number of H-pyrrole nitrogens is 2. The van der Waals surface area contributed by atoms with Gasteiger partial charge in [0, 0.05) is 48.2 Å². The molecule has 0 radical (unpaired) electrons. The first-order valence-corrected chi connectivity index (χ1v) is 12.5. The number of hydrogen-bond donors (Lipinski definition) is 2. The molecule has 0 spiro atoms. The summed E-state index contributed by atoms with van der Waals surface area (Å²) in [5.74, 6) is 0. The Labute approximate surface area is 190 Å². The van der Waals surface area contributed by atoms with Crippen molar-refractivity contribution in [2.45, 2.75) is 24.7 Å². The minimum atomic E-state index is -3.57. The highest BCUT2D eigenvalue weighted by Crippen LogP contribution is 2.33. The molecule has 3 heterocycles. The van der Waals surface area contributed by atoms with Crippen LogP contribution in [-0.2, 0) is 29.3 Å². The summed E-state index contributed by atoms with van der Waals surface area (Å²) >= 11 is 6.08. The minimum absolute atomic E-state index is 0.267. The third-order valence-electron chi connectivity index (χ3n) is 5.81. The maximum atomic E-state index is 12.6. The molecule has 0 bridgehead atoms. The second-order valence-electron chi connectivity index (χ2n) is 8.06. The summed E-state index contributed by atoms with van der Waals surface area (Å²) < 4.78 is 23.6. The highest BCUT2D eigenvalue weighted by Gasteiger charge is 2.25. The molecule has 1 aliphatic rings. The van der Waals surface area contributed by atoms with Crippen molar-refractivity contribution in [2.24, 2.45) is 0 Å². The lowest BCUT2D eigenvalue weighted by Gasteiger charge is -2.28. The van der Waals surface area contributed by atoms with Crippen LogP contribution in [0.15, 0.2) is 58.5 Å². The largest absolute Gasteiger partial charge is 0.354 e. The van der Waals surface area contributed by atoms with Gasteiger partial charge in [0.1, 0.15) is 0 Å². The van der Waals surface area contributed by atoms with Gasteiger partial charge in [-0.1, -0.05) is 41.9 Å². The van der Waals surface area contributed by atoms with Crippen LogP contribution in [0.1, 0.15) is 16.8 Å². The molecule has 1 aliphatic heterocycles. The molecule has 2 N–H and O–H groups in total. The molecule has 4 aromatic rings. The number of hydrogen-bond acceptors (Lipinski definition) is 5. The number of fused-ring (bicyclic) bond motifs is 2. The lowest BCUT2D eigenvalue weighted by molar-refractivity contribution is 0.242. The Morgan fingerprint density at radius 3 is 2.59 bits per heavy atom. The quantitative estimate of drug-likeness (QED) is 0.446. The van der Waals surface area contributed by atoms with Gasteiger partial charge in [-0.25, -0.2) is 13.4 Å². The van der Waals surface area contributed by atoms with Gasteiger partial charge >= 0.3 is 0 Å². The predicted octanol–water partition coefficient (Wildman–Crippen LogP) is 3.53. The molecule has 0 saturated heterocycles. The van der Waals surface area contributed by atoms with Crippen molar-refractivity contribution in [3.63, 3.8) is 0 Å². The molecule has 0 amide bonds. The average Bonchev–Trinajstić information content (AvgIpc) is 3.12. The van der Waals surface area contributed by atoms with Crippen molar-refractivity contribution in [3.8, 4) is 11.3 Å². The Hall–Kier alpha value is -2.94. The molecule has 0 aliphatic carbocycles. The molecule has 0 unspecified atom stereocenters. The smallest absolute Gasteiger partial charge is 0.256 e. The fourth-order valence-electron chi connectivity index (χ4n) is 4.22. The third-order valence-corrected chi connectivity index (χ3v) is 6.95. The molecule has 0 fully saturated rings. The number of sulfone groups is 1. The SMILES string of the molecule is CS(=O)(=O)c1nc2c(c(=O)[nH]1)CN(Cc1c(-c3ccc(Cl)cc3)[nH]c3ccccc13)CC2. The van der Waals surface area contributed by atoms with E-state index < -0.39 is 15.4 Å². The van der Waals surface area contributed by atoms with Crippen molar-refractivity contribution in [1.82, 2.24) is 19.9 Å². The molecule has 2 aromatic heterocycles. The van der Waals surface area contributed by atoms with E-state index in [-0.39, 0.29) is 5.16 Å². The molecule has 0 atom stereocenters. The molecule has 2 aromatic carbocycles. The van der Waals surface area contributed by atoms with Crippen molar-refractivity contribution >= 4 is 32.3 Å². The van der Waals surface area contributed by atoms with Crippen LogP contribution < -0.4 is 5.56 Å². The lowest BCUT2D eigenvalue weighted by atomic mass is 10.0. The summed E-state index contributed by atoms with van der Waals surface area (Å²) in [4.78, 5) is 25.0. The minimum Gasteiger partial charge on any atom is -0.354 e. The highest BCUT2D eigenvalue weighted by atomic mass is 35.5. The van der Waals surface area contributed by atoms with Crippen LogP contribution in [-0.4, -0.2) is 41.1 Å². The molecule has 7 nitrogen and oxygen atoms in total. The predicted molar refractivity (Wildman–Crippen MR) is 125 cm³/mol. The lowest BCUT2D eigenvalue weighted by Crippen LogP contribution is -2.36. The number of para-hydroxylation sites is 1. The van der Waals surface area contributed by atoms with Crippen molar-refractivity contribution in [3.05, 3.63) is 80.7 Å². The summed E-state index contributed by atoms with van der Waals surface area (Å²) in [7, 11) is -3.57. The van der Waals surface area contributed by atoms with E-state index in [1.165, 1.54) is 0 Å². The fraction of sp³-hybridized carbons (Fsp3) is 0.217. The topological polar surface area (TPSA) is 98.9 Å². The number of benzene rings is 2. The Morgan fingerprint density at radius 2 is 1.84 bits per heavy atom. The zero-order valence-electron chi connectivity index (χ0n) is 17.4. The first-order chi connectivity index (χ1) is 15.3. The normalized spacial score (nSPS) is 14.6. The van der Waals surface area contributed by atoms with Crippen molar-refractivity contribution in [2.75, 3.05) is 12.8 Å². The number of rotatable bonds is 4. The van der Waals surface area contributed by atoms with Crippen LogP contribution >= 0.6 is 11.6 Å². The van der Waals surface area contributed by atoms with Crippen LogP contribution in [0, 0.1) is 0 Å². The van der Waals surface area contributed by atoms with Gasteiger partial charge < -0.3 is 4.98 Å². The molecule has 5 rings (SSSR count). The molecular formula is C23H21ClN4O3S. The van der Waals surface area contributed by atoms with Crippen LogP contribution in [0.4, 0.5) is 0 Å². The van der Waals surface area contributed by atoms with Gasteiger partial charge in [-0.2, -0.15) is 0 Å². The van der Waals surface area contributed by atoms with Gasteiger partial charge in [0.15, 0.2) is 0 Å². The van der Waals surface area contributed by atoms with Crippen LogP contribution in [0.25, 0.3) is 22.2 Å². The average molecular weight is 469 g/mol. The summed E-state index contributed by atoms with van der Waals surface area (Å²) in [6, 6.07) is 15.9. The summed E-state index contributed by atoms with van der Waals surface area (Å²) in [6.07, 6.45) is 1.56. The van der Waals surface area contributed by atoms with Gasteiger partial charge in [-0.3, -0.25) is 14.7 Å². The monoisotopic (exact) mass is 468 g/mol. The first kappa shape index (κ1) is 20.9. The number of nitrogens with one attached hydrogen (secondary N) is 2. The molecule has 0 saturated carbocycles. The summed E-state index contributed by atoms with van der Waals surface area (Å²) in [6.45, 7) is 1.71. The number of halogens is 1. The van der Waals surface area contributed by atoms with E-state index in [1.54, 1.807) is 0 Å². The van der Waals surface area contributed by atoms with E-state index in [4.69, 9.17) is 11.6 Å². The van der Waals surface area contributed by atoms with Crippen LogP contribution in [0.3, 0.4) is 0 Å². The number of aromatic nitrogens is 3. The van der Waals surface area contributed by atoms with Gasteiger partial charge in [-0.05, 0) is 29.3 Å². The standard InChI is InChI=1S/C23H21ClN4O3S/c1-32(30,31)23-26-20-10-11-28(13-18(20)22(29)27-23)12-17-16-4-2-3-5-19(16)25-21(17)14-6-8-15(24)9-7-14/h2-9,25H,10-13H2,1H3,(H,26,27,29). The zero-order valence-corrected chi connectivity index (χ0v) is 18.9. The van der Waals surface area contributed by atoms with Gasteiger partial charge in [0.05, 0.1) is 17.0 Å². The van der Waals surface area contributed by atoms with Gasteiger partial charge in [0.25, 0.3) is 5.56 Å². The van der Waals surface area contributed by atoms with E-state index >= 15 is 0 Å². The van der Waals surface area contributed by atoms with E-state index in [9.17, 15) is 13.2 Å². The highest BCUT2D eigenvalue weighted by molar-refractivity contribution is 7.90. The van der Waals surface area contributed by atoms with Gasteiger partial charge in [0.2, 0.25) is 15.0 Å². The van der Waals surface area contributed by atoms with Crippen LogP contribution in [0.2, 0.25) is 5.02 Å². The first-order valence-electron chi connectivity index (χ1n) is 10.2. The Morgan fingerprint density at radius 1 is 1.09 bits per heavy atom. The number of aromatic amines is 2. The molecule has 164 valence electrons. The Bertz CT molecular complexity index is 1490. The summed E-state index contributed by atoms with van der Waals surface area (Å²) in [5.41, 5.74) is 4.94. The molecule has 32 heavy (non-hydrogen) atoms. The van der Waals surface area contributed by atoms with Crippen LogP contribution in [0.5, 0.6) is 0 Å². The maximum absolute atomic E-state index is 12.6. The molecule has 9 heteroatoms. The zero-order chi connectivity index (χ0) is 22.5.